The predicted octanol–water partition coefficient (Wildman–Crippen LogP) is 4.87. The molecule has 7 heteroatoms. The van der Waals surface area contributed by atoms with Gasteiger partial charge in [-0.2, -0.15) is 0 Å². The first-order chi connectivity index (χ1) is 15.4. The quantitative estimate of drug-likeness (QED) is 0.541. The summed E-state index contributed by atoms with van der Waals surface area (Å²) < 4.78 is 6.31. The topological polar surface area (TPSA) is 71.5 Å². The predicted molar refractivity (Wildman–Crippen MR) is 129 cm³/mol. The summed E-state index contributed by atoms with van der Waals surface area (Å²) >= 11 is 1.68. The maximum Gasteiger partial charge on any atom is 0.309 e. The number of hydrogen-bond donors (Lipinski definition) is 1. The van der Waals surface area contributed by atoms with Crippen LogP contribution in [0.2, 0.25) is 0 Å². The Balaban J connectivity index is 1.34. The van der Waals surface area contributed by atoms with Crippen molar-refractivity contribution in [2.45, 2.75) is 39.7 Å². The number of amides is 1. The second-order valence-corrected chi connectivity index (χ2v) is 9.33. The average Bonchev–Trinajstić information content (AvgIpc) is 3.22. The van der Waals surface area contributed by atoms with Crippen molar-refractivity contribution < 1.29 is 14.3 Å². The van der Waals surface area contributed by atoms with E-state index < -0.39 is 0 Å². The smallest absolute Gasteiger partial charge is 0.309 e. The van der Waals surface area contributed by atoms with Gasteiger partial charge in [0.2, 0.25) is 5.91 Å². The second-order valence-electron chi connectivity index (χ2n) is 8.30. The molecule has 1 fully saturated rings. The summed E-state index contributed by atoms with van der Waals surface area (Å²) in [5, 5.41) is 3.99. The second kappa shape index (κ2) is 9.79. The number of aryl methyl sites for hydroxylation is 1. The molecule has 0 spiro atoms. The number of fused-ring (bicyclic) bond motifs is 1. The molecule has 2 heterocycles. The van der Waals surface area contributed by atoms with Gasteiger partial charge in [-0.25, -0.2) is 4.98 Å². The molecule has 1 aliphatic rings. The lowest BCUT2D eigenvalue weighted by Crippen LogP contribution is -2.47. The van der Waals surface area contributed by atoms with Crippen molar-refractivity contribution >= 4 is 39.1 Å². The fraction of sp³-hybridized carbons (Fsp3) is 0.400. The van der Waals surface area contributed by atoms with E-state index >= 15 is 0 Å². The largest absolute Gasteiger partial charge is 0.466 e. The molecule has 1 unspecified atom stereocenters. The van der Waals surface area contributed by atoms with Crippen LogP contribution in [0.4, 0.5) is 5.69 Å². The number of nitrogens with zero attached hydrogens (tertiary/aromatic N) is 2. The maximum absolute atomic E-state index is 12.8. The lowest BCUT2D eigenvalue weighted by molar-refractivity contribution is -0.149. The number of hydrogen-bond acceptors (Lipinski definition) is 6. The van der Waals surface area contributed by atoms with Gasteiger partial charge in [-0.3, -0.25) is 14.5 Å². The van der Waals surface area contributed by atoms with E-state index in [4.69, 9.17) is 9.72 Å². The van der Waals surface area contributed by atoms with Crippen molar-refractivity contribution in [2.24, 2.45) is 5.92 Å². The summed E-state index contributed by atoms with van der Waals surface area (Å²) in [6.45, 7) is 7.67. The van der Waals surface area contributed by atoms with E-state index in [9.17, 15) is 9.59 Å². The van der Waals surface area contributed by atoms with Gasteiger partial charge in [0.1, 0.15) is 5.01 Å². The SMILES string of the molecule is CCOC(=O)C1CCN(C(C)C(=O)Nc2ccc(-c3nc4ccc(C)cc4s3)cc2)CC1. The highest BCUT2D eigenvalue weighted by atomic mass is 32.1. The van der Waals surface area contributed by atoms with E-state index in [1.807, 2.05) is 38.1 Å². The highest BCUT2D eigenvalue weighted by molar-refractivity contribution is 7.21. The van der Waals surface area contributed by atoms with Gasteiger partial charge in [0.05, 0.1) is 28.8 Å². The number of benzene rings is 2. The van der Waals surface area contributed by atoms with Crippen LogP contribution < -0.4 is 5.32 Å². The van der Waals surface area contributed by atoms with Crippen molar-refractivity contribution in [2.75, 3.05) is 25.0 Å². The molecule has 1 aliphatic heterocycles. The van der Waals surface area contributed by atoms with E-state index in [2.05, 4.69) is 35.3 Å². The van der Waals surface area contributed by atoms with Crippen molar-refractivity contribution in [1.82, 2.24) is 9.88 Å². The molecule has 1 atom stereocenters. The maximum atomic E-state index is 12.8. The fourth-order valence-electron chi connectivity index (χ4n) is 4.05. The van der Waals surface area contributed by atoms with E-state index in [-0.39, 0.29) is 23.8 Å². The van der Waals surface area contributed by atoms with Crippen molar-refractivity contribution in [3.05, 3.63) is 48.0 Å². The molecule has 0 bridgehead atoms. The molecule has 4 rings (SSSR count). The summed E-state index contributed by atoms with van der Waals surface area (Å²) in [5.74, 6) is -0.212. The number of carbonyl (C=O) groups is 2. The van der Waals surface area contributed by atoms with E-state index in [1.165, 1.54) is 10.3 Å². The number of likely N-dealkylation sites (tertiary alicyclic amines) is 1. The van der Waals surface area contributed by atoms with Crippen molar-refractivity contribution in [1.29, 1.82) is 0 Å². The van der Waals surface area contributed by atoms with Crippen LogP contribution in [0.1, 0.15) is 32.3 Å². The number of nitrogens with one attached hydrogen (secondary N) is 1. The monoisotopic (exact) mass is 451 g/mol. The van der Waals surface area contributed by atoms with Gasteiger partial charge in [0.15, 0.2) is 0 Å². The number of rotatable bonds is 6. The Hall–Kier alpha value is -2.77. The third kappa shape index (κ3) is 5.00. The van der Waals surface area contributed by atoms with Gasteiger partial charge in [-0.1, -0.05) is 6.07 Å². The molecule has 32 heavy (non-hydrogen) atoms. The molecule has 2 aromatic carbocycles. The molecule has 168 valence electrons. The summed E-state index contributed by atoms with van der Waals surface area (Å²) in [6, 6.07) is 13.9. The molecule has 1 amide bonds. The normalized spacial score (nSPS) is 16.1. The van der Waals surface area contributed by atoms with Crippen LogP contribution in [0.15, 0.2) is 42.5 Å². The van der Waals surface area contributed by atoms with E-state index in [0.717, 1.165) is 34.6 Å². The van der Waals surface area contributed by atoms with Gasteiger partial charge in [-0.05, 0) is 88.7 Å². The Bertz CT molecular complexity index is 1100. The standard InChI is InChI=1S/C25H29N3O3S/c1-4-31-25(30)19-11-13-28(14-12-19)17(3)23(29)26-20-8-6-18(7-9-20)24-27-21-10-5-16(2)15-22(21)32-24/h5-10,15,17,19H,4,11-14H2,1-3H3,(H,26,29). The molecular formula is C25H29N3O3S. The first kappa shape index (κ1) is 22.4. The van der Waals surface area contributed by atoms with Gasteiger partial charge < -0.3 is 10.1 Å². The lowest BCUT2D eigenvalue weighted by Gasteiger charge is -2.34. The number of ether oxygens (including phenoxy) is 1. The zero-order valence-electron chi connectivity index (χ0n) is 18.8. The van der Waals surface area contributed by atoms with Crippen molar-refractivity contribution in [3.8, 4) is 10.6 Å². The van der Waals surface area contributed by atoms with Crippen LogP contribution in [0.3, 0.4) is 0 Å². The fourth-order valence-corrected chi connectivity index (χ4v) is 5.12. The number of esters is 1. The van der Waals surface area contributed by atoms with Crippen LogP contribution in [0.25, 0.3) is 20.8 Å². The molecule has 1 saturated heterocycles. The highest BCUT2D eigenvalue weighted by Gasteiger charge is 2.30. The Labute approximate surface area is 192 Å². The molecule has 1 aromatic heterocycles. The Morgan fingerprint density at radius 2 is 1.91 bits per heavy atom. The van der Waals surface area contributed by atoms with Gasteiger partial charge in [-0.15, -0.1) is 11.3 Å². The Morgan fingerprint density at radius 1 is 1.19 bits per heavy atom. The molecular weight excluding hydrogens is 422 g/mol. The van der Waals surface area contributed by atoms with Gasteiger partial charge >= 0.3 is 5.97 Å². The summed E-state index contributed by atoms with van der Waals surface area (Å²) in [7, 11) is 0. The zero-order valence-corrected chi connectivity index (χ0v) is 19.6. The van der Waals surface area contributed by atoms with Crippen LogP contribution in [-0.2, 0) is 14.3 Å². The third-order valence-electron chi connectivity index (χ3n) is 6.02. The van der Waals surface area contributed by atoms with Crippen LogP contribution in [0.5, 0.6) is 0 Å². The Kier molecular flexibility index (Phi) is 6.86. The number of piperidine rings is 1. The number of aromatic nitrogens is 1. The highest BCUT2D eigenvalue weighted by Crippen LogP contribution is 2.31. The molecule has 0 saturated carbocycles. The molecule has 0 radical (unpaired) electrons. The summed E-state index contributed by atoms with van der Waals surface area (Å²) in [4.78, 5) is 31.6. The number of anilines is 1. The summed E-state index contributed by atoms with van der Waals surface area (Å²) in [6.07, 6.45) is 1.46. The molecule has 1 N–H and O–H groups in total. The van der Waals surface area contributed by atoms with E-state index in [1.54, 1.807) is 11.3 Å². The molecule has 3 aromatic rings. The first-order valence-corrected chi connectivity index (χ1v) is 12.0. The van der Waals surface area contributed by atoms with E-state index in [0.29, 0.717) is 19.7 Å². The molecule has 0 aliphatic carbocycles. The zero-order chi connectivity index (χ0) is 22.7. The number of thiazole rings is 1. The van der Waals surface area contributed by atoms with Crippen LogP contribution in [-0.4, -0.2) is 47.5 Å². The molecule has 6 nitrogen and oxygen atoms in total. The third-order valence-corrected chi connectivity index (χ3v) is 7.09. The van der Waals surface area contributed by atoms with Crippen LogP contribution in [0, 0.1) is 12.8 Å². The van der Waals surface area contributed by atoms with Gasteiger partial charge in [0.25, 0.3) is 0 Å². The minimum Gasteiger partial charge on any atom is -0.466 e. The minimum atomic E-state index is -0.259. The van der Waals surface area contributed by atoms with Crippen molar-refractivity contribution in [3.63, 3.8) is 0 Å². The minimum absolute atomic E-state index is 0.0391. The summed E-state index contributed by atoms with van der Waals surface area (Å²) in [5.41, 5.74) is 4.04. The van der Waals surface area contributed by atoms with Crippen LogP contribution >= 0.6 is 11.3 Å². The number of carbonyl (C=O) groups excluding carboxylic acids is 2. The lowest BCUT2D eigenvalue weighted by atomic mass is 9.96. The average molecular weight is 452 g/mol. The van der Waals surface area contributed by atoms with Gasteiger partial charge in [0, 0.05) is 11.3 Å². The Morgan fingerprint density at radius 3 is 2.59 bits per heavy atom. The first-order valence-electron chi connectivity index (χ1n) is 11.1.